The average Bonchev–Trinajstić information content (AvgIpc) is 2.38. The Labute approximate surface area is 115 Å². The number of anilines is 1. The highest BCUT2D eigenvalue weighted by Gasteiger charge is 2.22. The van der Waals surface area contributed by atoms with Crippen LogP contribution in [0.5, 0.6) is 0 Å². The summed E-state index contributed by atoms with van der Waals surface area (Å²) in [4.78, 5) is 4.08. The van der Waals surface area contributed by atoms with Gasteiger partial charge in [-0.05, 0) is 24.2 Å². The molecule has 5 heteroatoms. The third-order valence-electron chi connectivity index (χ3n) is 3.37. The summed E-state index contributed by atoms with van der Waals surface area (Å²) < 4.78 is 27.9. The summed E-state index contributed by atoms with van der Waals surface area (Å²) in [6, 6.07) is 2.80. The molecule has 18 heavy (non-hydrogen) atoms. The van der Waals surface area contributed by atoms with E-state index < -0.39 is 11.6 Å². The smallest absolute Gasteiger partial charge is 0.149 e. The molecule has 1 saturated heterocycles. The van der Waals surface area contributed by atoms with Gasteiger partial charge in [0, 0.05) is 31.5 Å². The molecule has 0 atom stereocenters. The van der Waals surface area contributed by atoms with E-state index in [1.807, 2.05) is 0 Å². The van der Waals surface area contributed by atoms with Crippen molar-refractivity contribution in [1.29, 1.82) is 0 Å². The molecule has 1 aliphatic rings. The second-order valence-electron chi connectivity index (χ2n) is 4.46. The van der Waals surface area contributed by atoms with Crippen molar-refractivity contribution in [3.05, 3.63) is 29.3 Å². The molecule has 2 nitrogen and oxygen atoms in total. The first kappa shape index (κ1) is 13.7. The molecule has 1 aliphatic heterocycles. The van der Waals surface area contributed by atoms with Crippen molar-refractivity contribution in [2.45, 2.75) is 12.3 Å². The van der Waals surface area contributed by atoms with Crippen molar-refractivity contribution in [2.24, 2.45) is 0 Å². The first-order valence-corrected chi connectivity index (χ1v) is 7.29. The maximum Gasteiger partial charge on any atom is 0.149 e. The van der Waals surface area contributed by atoms with Gasteiger partial charge < -0.3 is 9.80 Å². The Hall–Kier alpha value is -0.680. The minimum absolute atomic E-state index is 0.121. The van der Waals surface area contributed by atoms with Gasteiger partial charge in [-0.1, -0.05) is 22.9 Å². The van der Waals surface area contributed by atoms with E-state index in [4.69, 9.17) is 0 Å². The second-order valence-corrected chi connectivity index (χ2v) is 5.02. The van der Waals surface area contributed by atoms with E-state index in [0.29, 0.717) is 24.0 Å². The van der Waals surface area contributed by atoms with E-state index in [1.54, 1.807) is 4.90 Å². The van der Waals surface area contributed by atoms with Crippen molar-refractivity contribution in [3.63, 3.8) is 0 Å². The topological polar surface area (TPSA) is 6.48 Å². The lowest BCUT2D eigenvalue weighted by molar-refractivity contribution is 0.269. The van der Waals surface area contributed by atoms with Gasteiger partial charge in [0.15, 0.2) is 0 Å². The van der Waals surface area contributed by atoms with Crippen LogP contribution in [-0.4, -0.2) is 37.6 Å². The number of nitrogens with zero attached hydrogens (tertiary/aromatic N) is 2. The summed E-state index contributed by atoms with van der Waals surface area (Å²) in [5.41, 5.74) is 0.747. The highest BCUT2D eigenvalue weighted by molar-refractivity contribution is 9.08. The molecule has 1 heterocycles. The molecule has 0 radical (unpaired) electrons. The monoisotopic (exact) mass is 318 g/mol. The first-order chi connectivity index (χ1) is 8.65. The van der Waals surface area contributed by atoms with Gasteiger partial charge in [0.1, 0.15) is 17.3 Å². The van der Waals surface area contributed by atoms with Crippen molar-refractivity contribution >= 4 is 21.6 Å². The van der Waals surface area contributed by atoms with Gasteiger partial charge in [-0.15, -0.1) is 0 Å². The third-order valence-corrected chi connectivity index (χ3v) is 4.01. The van der Waals surface area contributed by atoms with Crippen molar-refractivity contribution in [2.75, 3.05) is 37.6 Å². The SMILES string of the molecule is CCN1CCN(c2c(F)cc(CBr)cc2F)CC1. The number of benzene rings is 1. The number of halogens is 3. The molecule has 0 spiro atoms. The molecule has 100 valence electrons. The lowest BCUT2D eigenvalue weighted by Crippen LogP contribution is -2.46. The van der Waals surface area contributed by atoms with Gasteiger partial charge in [-0.3, -0.25) is 0 Å². The van der Waals surface area contributed by atoms with E-state index in [1.165, 1.54) is 12.1 Å². The van der Waals surface area contributed by atoms with Crippen LogP contribution in [0.25, 0.3) is 0 Å². The van der Waals surface area contributed by atoms with Crippen LogP contribution < -0.4 is 4.90 Å². The average molecular weight is 319 g/mol. The fourth-order valence-electron chi connectivity index (χ4n) is 2.28. The van der Waals surface area contributed by atoms with E-state index in [0.717, 1.165) is 19.6 Å². The molecular formula is C13H17BrF2N2. The van der Waals surface area contributed by atoms with E-state index in [2.05, 4.69) is 27.8 Å². The zero-order valence-corrected chi connectivity index (χ0v) is 12.0. The summed E-state index contributed by atoms with van der Waals surface area (Å²) in [6.07, 6.45) is 0. The zero-order chi connectivity index (χ0) is 13.1. The molecule has 0 bridgehead atoms. The quantitative estimate of drug-likeness (QED) is 0.790. The molecule has 2 rings (SSSR count). The lowest BCUT2D eigenvalue weighted by Gasteiger charge is -2.35. The minimum atomic E-state index is -0.464. The number of hydrogen-bond donors (Lipinski definition) is 0. The van der Waals surface area contributed by atoms with E-state index >= 15 is 0 Å². The zero-order valence-electron chi connectivity index (χ0n) is 10.4. The predicted octanol–water partition coefficient (Wildman–Crippen LogP) is 3.00. The van der Waals surface area contributed by atoms with Gasteiger partial charge >= 0.3 is 0 Å². The summed E-state index contributed by atoms with van der Waals surface area (Å²) in [7, 11) is 0. The number of likely N-dealkylation sites (N-methyl/N-ethyl adjacent to an activating group) is 1. The van der Waals surface area contributed by atoms with Crippen molar-refractivity contribution in [1.82, 2.24) is 4.90 Å². The molecular weight excluding hydrogens is 302 g/mol. The Balaban J connectivity index is 2.19. The van der Waals surface area contributed by atoms with Gasteiger partial charge in [0.2, 0.25) is 0 Å². The molecule has 1 aromatic rings. The fourth-order valence-corrected chi connectivity index (χ4v) is 2.61. The number of alkyl halides is 1. The first-order valence-electron chi connectivity index (χ1n) is 6.17. The molecule has 0 aromatic heterocycles. The molecule has 1 fully saturated rings. The Morgan fingerprint density at radius 1 is 1.11 bits per heavy atom. The lowest BCUT2D eigenvalue weighted by atomic mass is 10.1. The van der Waals surface area contributed by atoms with E-state index in [9.17, 15) is 8.78 Å². The van der Waals surface area contributed by atoms with Crippen LogP contribution in [0.4, 0.5) is 14.5 Å². The maximum atomic E-state index is 13.9. The van der Waals surface area contributed by atoms with Crippen molar-refractivity contribution < 1.29 is 8.78 Å². The molecule has 0 amide bonds. The van der Waals surface area contributed by atoms with Gasteiger partial charge in [0.05, 0.1) is 0 Å². The molecule has 0 unspecified atom stereocenters. The van der Waals surface area contributed by atoms with E-state index in [-0.39, 0.29) is 5.69 Å². The van der Waals surface area contributed by atoms with Crippen LogP contribution in [0.1, 0.15) is 12.5 Å². The largest absolute Gasteiger partial charge is 0.364 e. The Kier molecular flexibility index (Phi) is 4.56. The van der Waals surface area contributed by atoms with Gasteiger partial charge in [-0.2, -0.15) is 0 Å². The fraction of sp³-hybridized carbons (Fsp3) is 0.538. The Bertz CT molecular complexity index is 394. The number of hydrogen-bond acceptors (Lipinski definition) is 2. The summed E-state index contributed by atoms with van der Waals surface area (Å²) in [5.74, 6) is -0.927. The van der Waals surface area contributed by atoms with Crippen LogP contribution in [-0.2, 0) is 5.33 Å². The highest BCUT2D eigenvalue weighted by atomic mass is 79.9. The summed E-state index contributed by atoms with van der Waals surface area (Å²) >= 11 is 3.21. The minimum Gasteiger partial charge on any atom is -0.364 e. The van der Waals surface area contributed by atoms with Crippen LogP contribution in [0.3, 0.4) is 0 Å². The molecule has 0 saturated carbocycles. The highest BCUT2D eigenvalue weighted by Crippen LogP contribution is 2.26. The second kappa shape index (κ2) is 5.97. The van der Waals surface area contributed by atoms with Gasteiger partial charge in [-0.25, -0.2) is 8.78 Å². The number of rotatable bonds is 3. The third kappa shape index (κ3) is 2.83. The van der Waals surface area contributed by atoms with Crippen LogP contribution in [0.15, 0.2) is 12.1 Å². The van der Waals surface area contributed by atoms with Crippen LogP contribution in [0.2, 0.25) is 0 Å². The van der Waals surface area contributed by atoms with Crippen molar-refractivity contribution in [3.8, 4) is 0 Å². The predicted molar refractivity (Wildman–Crippen MR) is 73.3 cm³/mol. The maximum absolute atomic E-state index is 13.9. The molecule has 0 N–H and O–H groups in total. The number of piperazine rings is 1. The van der Waals surface area contributed by atoms with Crippen LogP contribution >= 0.6 is 15.9 Å². The van der Waals surface area contributed by atoms with Gasteiger partial charge in [0.25, 0.3) is 0 Å². The Morgan fingerprint density at radius 2 is 1.67 bits per heavy atom. The Morgan fingerprint density at radius 3 is 2.11 bits per heavy atom. The summed E-state index contributed by atoms with van der Waals surface area (Å²) in [6.45, 7) is 6.15. The normalized spacial score (nSPS) is 17.2. The summed E-state index contributed by atoms with van der Waals surface area (Å²) in [5, 5.41) is 0.463. The molecule has 0 aliphatic carbocycles. The molecule has 1 aromatic carbocycles. The standard InChI is InChI=1S/C13H17BrF2N2/c1-2-17-3-5-18(6-4-17)13-11(15)7-10(9-14)8-12(13)16/h7-8H,2-6,9H2,1H3. The van der Waals surface area contributed by atoms with Crippen LogP contribution in [0, 0.1) is 11.6 Å².